The SMILES string of the molecule is CCN(CC)CCSCC(=O)NC1CCCNC1C.Cl.Cl. The lowest BCUT2D eigenvalue weighted by molar-refractivity contribution is -0.119. The smallest absolute Gasteiger partial charge is 0.230 e. The summed E-state index contributed by atoms with van der Waals surface area (Å²) < 4.78 is 0. The second-order valence-electron chi connectivity index (χ2n) is 5.14. The highest BCUT2D eigenvalue weighted by molar-refractivity contribution is 7.99. The van der Waals surface area contributed by atoms with Crippen LogP contribution in [0.4, 0.5) is 0 Å². The second kappa shape index (κ2) is 13.9. The number of piperidine rings is 1. The van der Waals surface area contributed by atoms with Gasteiger partial charge in [-0.3, -0.25) is 4.79 Å². The number of halogens is 2. The van der Waals surface area contributed by atoms with E-state index in [2.05, 4.69) is 36.3 Å². The molecular weight excluding hydrogens is 329 g/mol. The molecule has 128 valence electrons. The zero-order valence-electron chi connectivity index (χ0n) is 13.4. The monoisotopic (exact) mass is 359 g/mol. The van der Waals surface area contributed by atoms with Crippen molar-refractivity contribution in [1.82, 2.24) is 15.5 Å². The van der Waals surface area contributed by atoms with Crippen LogP contribution in [0.2, 0.25) is 0 Å². The summed E-state index contributed by atoms with van der Waals surface area (Å²) in [4.78, 5) is 14.3. The van der Waals surface area contributed by atoms with Gasteiger partial charge in [0, 0.05) is 24.4 Å². The number of hydrogen-bond acceptors (Lipinski definition) is 4. The van der Waals surface area contributed by atoms with Crippen LogP contribution in [0.1, 0.15) is 33.6 Å². The van der Waals surface area contributed by atoms with Gasteiger partial charge in [-0.15, -0.1) is 24.8 Å². The lowest BCUT2D eigenvalue weighted by Gasteiger charge is -2.30. The summed E-state index contributed by atoms with van der Waals surface area (Å²) in [6.45, 7) is 10.8. The molecule has 0 aromatic heterocycles. The van der Waals surface area contributed by atoms with Crippen LogP contribution in [0, 0.1) is 0 Å². The van der Waals surface area contributed by atoms with Crippen molar-refractivity contribution in [1.29, 1.82) is 0 Å². The zero-order chi connectivity index (χ0) is 14.1. The first-order valence-corrected chi connectivity index (χ1v) is 8.65. The van der Waals surface area contributed by atoms with Gasteiger partial charge in [-0.25, -0.2) is 0 Å². The Labute approximate surface area is 146 Å². The third-order valence-electron chi connectivity index (χ3n) is 3.79. The van der Waals surface area contributed by atoms with E-state index in [1.54, 1.807) is 11.8 Å². The first-order valence-electron chi connectivity index (χ1n) is 7.50. The molecular formula is C14H31Cl2N3OS. The van der Waals surface area contributed by atoms with Crippen molar-refractivity contribution < 1.29 is 4.79 Å². The van der Waals surface area contributed by atoms with Crippen LogP contribution >= 0.6 is 36.6 Å². The fraction of sp³-hybridized carbons (Fsp3) is 0.929. The molecule has 1 fully saturated rings. The molecule has 2 atom stereocenters. The van der Waals surface area contributed by atoms with Gasteiger partial charge in [0.25, 0.3) is 0 Å². The van der Waals surface area contributed by atoms with Gasteiger partial charge in [0.2, 0.25) is 5.91 Å². The van der Waals surface area contributed by atoms with E-state index in [0.717, 1.165) is 44.8 Å². The lowest BCUT2D eigenvalue weighted by Crippen LogP contribution is -2.52. The second-order valence-corrected chi connectivity index (χ2v) is 6.24. The lowest BCUT2D eigenvalue weighted by atomic mass is 10.00. The van der Waals surface area contributed by atoms with E-state index >= 15 is 0 Å². The van der Waals surface area contributed by atoms with Crippen molar-refractivity contribution in [3.8, 4) is 0 Å². The Hall–Kier alpha value is 0.320. The Kier molecular flexibility index (Phi) is 15.7. The Balaban J connectivity index is 0. The van der Waals surface area contributed by atoms with Gasteiger partial charge in [0.1, 0.15) is 0 Å². The number of carbonyl (C=O) groups excluding carboxylic acids is 1. The van der Waals surface area contributed by atoms with Crippen LogP contribution in [0.3, 0.4) is 0 Å². The molecule has 1 heterocycles. The van der Waals surface area contributed by atoms with E-state index in [9.17, 15) is 4.79 Å². The van der Waals surface area contributed by atoms with Gasteiger partial charge in [0.05, 0.1) is 5.75 Å². The molecule has 0 bridgehead atoms. The maximum Gasteiger partial charge on any atom is 0.230 e. The van der Waals surface area contributed by atoms with Crippen molar-refractivity contribution in [2.45, 2.75) is 45.7 Å². The van der Waals surface area contributed by atoms with E-state index in [-0.39, 0.29) is 30.7 Å². The van der Waals surface area contributed by atoms with E-state index in [0.29, 0.717) is 17.8 Å². The van der Waals surface area contributed by atoms with Crippen molar-refractivity contribution in [3.63, 3.8) is 0 Å². The number of nitrogens with one attached hydrogen (secondary N) is 2. The predicted molar refractivity (Wildman–Crippen MR) is 98.2 cm³/mol. The van der Waals surface area contributed by atoms with Crippen LogP contribution in [0.5, 0.6) is 0 Å². The van der Waals surface area contributed by atoms with E-state index < -0.39 is 0 Å². The summed E-state index contributed by atoms with van der Waals surface area (Å²) in [6, 6.07) is 0.711. The Morgan fingerprint density at radius 3 is 2.57 bits per heavy atom. The third kappa shape index (κ3) is 9.84. The predicted octanol–water partition coefficient (Wildman–Crippen LogP) is 2.16. The minimum absolute atomic E-state index is 0. The maximum absolute atomic E-state index is 11.9. The number of rotatable bonds is 8. The minimum atomic E-state index is 0. The first kappa shape index (κ1) is 23.6. The molecule has 2 N–H and O–H groups in total. The van der Waals surface area contributed by atoms with Crippen LogP contribution in [0.15, 0.2) is 0 Å². The van der Waals surface area contributed by atoms with Crippen LogP contribution < -0.4 is 10.6 Å². The molecule has 4 nitrogen and oxygen atoms in total. The highest BCUT2D eigenvalue weighted by Crippen LogP contribution is 2.09. The fourth-order valence-electron chi connectivity index (χ4n) is 2.39. The molecule has 1 amide bonds. The van der Waals surface area contributed by atoms with Gasteiger partial charge < -0.3 is 15.5 Å². The Morgan fingerprint density at radius 1 is 1.33 bits per heavy atom. The van der Waals surface area contributed by atoms with Crippen molar-refractivity contribution in [3.05, 3.63) is 0 Å². The zero-order valence-corrected chi connectivity index (χ0v) is 15.8. The van der Waals surface area contributed by atoms with Crippen LogP contribution in [-0.2, 0) is 4.79 Å². The Morgan fingerprint density at radius 2 is 2.00 bits per heavy atom. The average molecular weight is 360 g/mol. The normalized spacial score (nSPS) is 21.3. The number of hydrogen-bond donors (Lipinski definition) is 2. The van der Waals surface area contributed by atoms with Crippen molar-refractivity contribution in [2.24, 2.45) is 0 Å². The molecule has 2 unspecified atom stereocenters. The number of nitrogens with zero attached hydrogens (tertiary/aromatic N) is 1. The molecule has 1 saturated heterocycles. The van der Waals surface area contributed by atoms with Gasteiger partial charge in [-0.05, 0) is 39.4 Å². The summed E-state index contributed by atoms with van der Waals surface area (Å²) >= 11 is 1.74. The van der Waals surface area contributed by atoms with Crippen LogP contribution in [-0.4, -0.2) is 60.6 Å². The highest BCUT2D eigenvalue weighted by atomic mass is 35.5. The van der Waals surface area contributed by atoms with E-state index in [1.165, 1.54) is 0 Å². The molecule has 0 aliphatic carbocycles. The fourth-order valence-corrected chi connectivity index (χ4v) is 3.19. The molecule has 0 saturated carbocycles. The van der Waals surface area contributed by atoms with E-state index in [1.807, 2.05) is 0 Å². The molecule has 0 aromatic carbocycles. The topological polar surface area (TPSA) is 44.4 Å². The number of amides is 1. The highest BCUT2D eigenvalue weighted by Gasteiger charge is 2.21. The summed E-state index contributed by atoms with van der Waals surface area (Å²) in [5.41, 5.74) is 0. The standard InChI is InChI=1S/C14H29N3OS.2ClH/c1-4-17(5-2)9-10-19-11-14(18)16-13-7-6-8-15-12(13)3;;/h12-13,15H,4-11H2,1-3H3,(H,16,18);2*1H. The molecule has 21 heavy (non-hydrogen) atoms. The molecule has 7 heteroatoms. The van der Waals surface area contributed by atoms with Gasteiger partial charge >= 0.3 is 0 Å². The number of carbonyl (C=O) groups is 1. The largest absolute Gasteiger partial charge is 0.351 e. The first-order chi connectivity index (χ1) is 9.17. The number of thioether (sulfide) groups is 1. The van der Waals surface area contributed by atoms with Crippen molar-refractivity contribution >= 4 is 42.5 Å². The average Bonchev–Trinajstić information content (AvgIpc) is 2.42. The summed E-state index contributed by atoms with van der Waals surface area (Å²) in [5.74, 6) is 1.81. The quantitative estimate of drug-likeness (QED) is 0.651. The van der Waals surface area contributed by atoms with Gasteiger partial charge in [-0.2, -0.15) is 11.8 Å². The van der Waals surface area contributed by atoms with E-state index in [4.69, 9.17) is 0 Å². The molecule has 1 rings (SSSR count). The van der Waals surface area contributed by atoms with Gasteiger partial charge in [-0.1, -0.05) is 13.8 Å². The maximum atomic E-state index is 11.9. The molecule has 0 aromatic rings. The third-order valence-corrected chi connectivity index (χ3v) is 4.73. The molecule has 0 radical (unpaired) electrons. The molecule has 1 aliphatic heterocycles. The van der Waals surface area contributed by atoms with Crippen LogP contribution in [0.25, 0.3) is 0 Å². The van der Waals surface area contributed by atoms with Crippen molar-refractivity contribution in [2.75, 3.05) is 37.7 Å². The summed E-state index contributed by atoms with van der Waals surface area (Å²) in [6.07, 6.45) is 2.26. The van der Waals surface area contributed by atoms with Gasteiger partial charge in [0.15, 0.2) is 0 Å². The summed E-state index contributed by atoms with van der Waals surface area (Å²) in [7, 11) is 0. The minimum Gasteiger partial charge on any atom is -0.351 e. The summed E-state index contributed by atoms with van der Waals surface area (Å²) in [5, 5.41) is 6.56. The molecule has 0 spiro atoms. The molecule has 1 aliphatic rings. The Bertz CT molecular complexity index is 269.